The number of aliphatic carboxylic acids is 1. The van der Waals surface area contributed by atoms with Crippen LogP contribution in [-0.4, -0.2) is 332 Å². The van der Waals surface area contributed by atoms with Gasteiger partial charge < -0.3 is 155 Å². The number of benzene rings is 2. The molecule has 9 aliphatic heterocycles. The molecule has 0 aromatic heterocycles. The SMILES string of the molecule is COC(=O)C1c2cc3c(c(O)c2C(OC2CC(OC)C(OC4CC(O)C(OC5CC(OC)C(OC6CC(OC)C(OC(=O)C=CC(=O)O)C(C)O6)C(C)O5)C(C)O4)C(C)O2)CC1(C)O)C(=O)c1c(O)cc2c(c1C3=O)OC1OC2(C)C(OC2CC(O)C(OC3CC(C)([NH+]([O-])O)C(OC4CC(OC)C(O)C(C)O4)C(C)O3)C(C)O2)C(N(C)C)C1O. The number of carboxylic acid groups (broad SMARTS) is 1. The molecule has 2 aromatic rings. The monoisotopic (exact) mass is 1690 g/mol. The Hall–Kier alpha value is -5.79. The molecular formula is C80H114N2O37. The summed E-state index contributed by atoms with van der Waals surface area (Å²) in [5.41, 5.74) is -8.04. The number of quaternary nitrogens is 1. The van der Waals surface area contributed by atoms with Gasteiger partial charge in [0.05, 0.1) is 121 Å². The van der Waals surface area contributed by atoms with E-state index in [1.165, 1.54) is 48.4 Å². The van der Waals surface area contributed by atoms with Gasteiger partial charge >= 0.3 is 17.9 Å². The summed E-state index contributed by atoms with van der Waals surface area (Å²) in [7, 11) is 10.2. The van der Waals surface area contributed by atoms with E-state index < -0.39 is 294 Å². The van der Waals surface area contributed by atoms with Crippen LogP contribution in [0.1, 0.15) is 181 Å². The van der Waals surface area contributed by atoms with Gasteiger partial charge in [-0.15, -0.1) is 0 Å². The van der Waals surface area contributed by atoms with Gasteiger partial charge in [0.2, 0.25) is 12.1 Å². The number of carboxylic acids is 1. The summed E-state index contributed by atoms with van der Waals surface area (Å²) in [5.74, 6) is -8.77. The molecule has 2 aromatic carbocycles. The van der Waals surface area contributed by atoms with Gasteiger partial charge in [0.25, 0.3) is 0 Å². The quantitative estimate of drug-likeness (QED) is 0.0341. The number of nitrogens with zero attached hydrogens (tertiary/aromatic N) is 1. The normalized spacial score (nSPS) is 43.8. The van der Waals surface area contributed by atoms with E-state index in [0.717, 1.165) is 19.3 Å². The Kier molecular flexibility index (Phi) is 27.5. The number of carbonyl (C=O) groups excluding carboxylic acids is 4. The Bertz CT molecular complexity index is 3990. The molecule has 37 atom stereocenters. The summed E-state index contributed by atoms with van der Waals surface area (Å²) in [5, 5.41) is 116. The van der Waals surface area contributed by atoms with E-state index >= 15 is 9.59 Å². The number of aliphatic hydroxyl groups is 5. The predicted octanol–water partition coefficient (Wildman–Crippen LogP) is 1.08. The summed E-state index contributed by atoms with van der Waals surface area (Å²) in [6.07, 6.45) is -29.8. The lowest BCUT2D eigenvalue weighted by atomic mass is 9.68. The highest BCUT2D eigenvalue weighted by Crippen LogP contribution is 2.58. The smallest absolute Gasteiger partial charge is 0.331 e. The molecule has 2 bridgehead atoms. The van der Waals surface area contributed by atoms with Crippen LogP contribution in [0.15, 0.2) is 24.3 Å². The van der Waals surface area contributed by atoms with Crippen molar-refractivity contribution in [1.82, 2.24) is 4.90 Å². The topological polar surface area (TPSA) is 501 Å². The van der Waals surface area contributed by atoms with Gasteiger partial charge in [0.15, 0.2) is 61.5 Å². The minimum absolute atomic E-state index is 0.0314. The lowest BCUT2D eigenvalue weighted by Crippen LogP contribution is -3.16. The number of rotatable bonds is 24. The Morgan fingerprint density at radius 1 is 0.555 bits per heavy atom. The van der Waals surface area contributed by atoms with E-state index in [2.05, 4.69) is 0 Å². The number of carbonyl (C=O) groups is 5. The summed E-state index contributed by atoms with van der Waals surface area (Å²) in [4.78, 5) is 70.2. The number of phenols is 2. The van der Waals surface area contributed by atoms with E-state index in [-0.39, 0.29) is 67.4 Å². The molecule has 0 spiro atoms. The van der Waals surface area contributed by atoms with Crippen LogP contribution in [0.4, 0.5) is 0 Å². The molecule has 666 valence electrons. The number of likely N-dealkylation sites (N-methyl/N-ethyl adjacent to an activating group) is 1. The average Bonchev–Trinajstić information content (AvgIpc) is 0.690. The van der Waals surface area contributed by atoms with Crippen molar-refractivity contribution in [2.24, 2.45) is 0 Å². The van der Waals surface area contributed by atoms with Crippen LogP contribution in [0, 0.1) is 5.21 Å². The summed E-state index contributed by atoms with van der Waals surface area (Å²) < 4.78 is 136. The summed E-state index contributed by atoms with van der Waals surface area (Å²) >= 11 is 0. The van der Waals surface area contributed by atoms with Gasteiger partial charge in [-0.1, -0.05) is 0 Å². The molecule has 37 unspecified atom stereocenters. The van der Waals surface area contributed by atoms with Crippen molar-refractivity contribution in [1.29, 1.82) is 0 Å². The number of hydrogen-bond acceptors (Lipinski definition) is 37. The second kappa shape index (κ2) is 36.0. The Balaban J connectivity index is 0.679. The molecule has 0 amide bonds. The number of hydrogen-bond donors (Lipinski definition) is 10. The molecular weight excluding hydrogens is 1580 g/mol. The largest absolute Gasteiger partial charge is 0.600 e. The van der Waals surface area contributed by atoms with Crippen LogP contribution >= 0.6 is 0 Å². The zero-order chi connectivity index (χ0) is 86.4. The fourth-order valence-electron chi connectivity index (χ4n) is 19.2. The fraction of sp³-hybridized carbons (Fsp3) is 0.762. The standard InChI is InChI=1S/C80H114N2O37/c1-30-63(89)43(98-13)24-55(103-30)116-74-36(7)109-56(29-78(74,8)82(96)97)115-69-32(3)105-51(23-42(69)85)117-75-62(81(11)12)67(93)77-118-73-39(80(75,10)119-77)21-40(83)59-60(73)64(90)38-20-37-57(65(91)58(38)66(59)92)47(28-79(9,95)61(37)76(94)102-17)110-52-25-45(100-15)71(34(5)106-52)113-50-22-41(84)68(31(2)104-50)112-53-27-46(101-16)72(35(6)108-53)114-54-26-44(99-14)70(33(4)107-54)111-49(88)19-18-48(86)87/h18-21,30-36,41-47,50-56,61-63,67-72,74-75,77,82-85,89,91,93,95-96H,22-29H2,1-17H3,(H,86,87). The summed E-state index contributed by atoms with van der Waals surface area (Å²) in [6, 6.07) is 1.33. The molecule has 13 rings (SSSR count). The molecule has 39 nitrogen and oxygen atoms in total. The highest BCUT2D eigenvalue weighted by Gasteiger charge is 2.63. The molecule has 119 heavy (non-hydrogen) atoms. The van der Waals surface area contributed by atoms with Crippen molar-refractivity contribution in [2.75, 3.05) is 49.6 Å². The maximum absolute atomic E-state index is 15.7. The highest BCUT2D eigenvalue weighted by atomic mass is 16.8. The number of aliphatic hydroxyl groups excluding tert-OH is 4. The molecule has 2 aliphatic carbocycles. The van der Waals surface area contributed by atoms with Gasteiger partial charge in [0, 0.05) is 102 Å². The van der Waals surface area contributed by atoms with Crippen LogP contribution in [0.5, 0.6) is 17.2 Å². The first kappa shape index (κ1) is 90.9. The predicted molar refractivity (Wildman–Crippen MR) is 398 cm³/mol. The number of aromatic hydroxyl groups is 2. The molecule has 39 heteroatoms. The number of hydroxylamine groups is 2. The second-order valence-corrected chi connectivity index (χ2v) is 33.7. The number of nitrogens with one attached hydrogen (secondary N) is 1. The molecule has 9 heterocycles. The van der Waals surface area contributed by atoms with E-state index in [1.807, 2.05) is 0 Å². The number of phenolic OH excluding ortho intramolecular Hbond substituents is 2. The van der Waals surface area contributed by atoms with Crippen LogP contribution in [0.25, 0.3) is 0 Å². The first-order chi connectivity index (χ1) is 56.2. The van der Waals surface area contributed by atoms with Gasteiger partial charge in [0.1, 0.15) is 83.7 Å². The van der Waals surface area contributed by atoms with Gasteiger partial charge in [-0.2, -0.15) is 0 Å². The third kappa shape index (κ3) is 17.6. The third-order valence-corrected chi connectivity index (χ3v) is 25.3. The van der Waals surface area contributed by atoms with E-state index in [0.29, 0.717) is 6.08 Å². The van der Waals surface area contributed by atoms with Crippen LogP contribution in [0.3, 0.4) is 0 Å². The first-order valence-corrected chi connectivity index (χ1v) is 40.2. The Labute approximate surface area is 686 Å². The lowest BCUT2D eigenvalue weighted by molar-refractivity contribution is -1.09. The van der Waals surface area contributed by atoms with Gasteiger partial charge in [-0.05, 0) is 101 Å². The maximum Gasteiger partial charge on any atom is 0.331 e. The molecule has 10 N–H and O–H groups in total. The maximum atomic E-state index is 15.7. The van der Waals surface area contributed by atoms with Crippen molar-refractivity contribution in [3.63, 3.8) is 0 Å². The lowest BCUT2D eigenvalue weighted by Gasteiger charge is -2.56. The van der Waals surface area contributed by atoms with E-state index in [9.17, 15) is 60.5 Å². The van der Waals surface area contributed by atoms with Crippen LogP contribution < -0.4 is 9.96 Å². The minimum atomic E-state index is -2.06. The molecule has 8 saturated heterocycles. The number of ketones is 2. The second-order valence-electron chi connectivity index (χ2n) is 33.7. The Morgan fingerprint density at radius 2 is 1.03 bits per heavy atom. The summed E-state index contributed by atoms with van der Waals surface area (Å²) in [6.45, 7) is 16.1. The third-order valence-electron chi connectivity index (χ3n) is 25.3. The number of fused-ring (bicyclic) bond motifs is 8. The fourth-order valence-corrected chi connectivity index (χ4v) is 19.2. The highest BCUT2D eigenvalue weighted by molar-refractivity contribution is 6.31. The van der Waals surface area contributed by atoms with Crippen molar-refractivity contribution < 1.29 is 179 Å². The van der Waals surface area contributed by atoms with Gasteiger partial charge in [-0.25, -0.2) is 20.0 Å². The van der Waals surface area contributed by atoms with E-state index in [4.69, 9.17) is 109 Å². The number of methoxy groups -OCH3 is 5. The number of ether oxygens (including phenoxy) is 22. The first-order valence-electron chi connectivity index (χ1n) is 40.2. The molecule has 0 radical (unpaired) electrons. The molecule has 11 aliphatic rings. The van der Waals surface area contributed by atoms with Crippen molar-refractivity contribution in [2.45, 2.75) is 340 Å². The van der Waals surface area contributed by atoms with Crippen LogP contribution in [-0.2, 0) is 119 Å². The minimum Gasteiger partial charge on any atom is -0.600 e. The van der Waals surface area contributed by atoms with Crippen molar-refractivity contribution in [3.8, 4) is 17.2 Å². The molecule has 0 saturated carbocycles. The average molecular weight is 1700 g/mol. The zero-order valence-corrected chi connectivity index (χ0v) is 69.4. The van der Waals surface area contributed by atoms with Crippen LogP contribution in [0.2, 0.25) is 0 Å². The Morgan fingerprint density at radius 3 is 1.55 bits per heavy atom. The van der Waals surface area contributed by atoms with E-state index in [1.54, 1.807) is 74.4 Å². The molecule has 8 fully saturated rings. The number of esters is 2. The van der Waals surface area contributed by atoms with Crippen molar-refractivity contribution >= 4 is 29.5 Å². The van der Waals surface area contributed by atoms with Crippen molar-refractivity contribution in [3.05, 3.63) is 68.4 Å². The zero-order valence-electron chi connectivity index (χ0n) is 69.4. The van der Waals surface area contributed by atoms with Gasteiger partial charge in [-0.3, -0.25) is 14.4 Å².